The van der Waals surface area contributed by atoms with Crippen LogP contribution < -0.4 is 21.1 Å². The van der Waals surface area contributed by atoms with E-state index in [1.165, 1.54) is 0 Å². The van der Waals surface area contributed by atoms with Crippen LogP contribution in [0, 0.1) is 0 Å². The molecule has 0 aliphatic carbocycles. The fourth-order valence-corrected chi connectivity index (χ4v) is 2.11. The summed E-state index contributed by atoms with van der Waals surface area (Å²) in [7, 11) is 0. The average Bonchev–Trinajstić information content (AvgIpc) is 2.96. The Balaban J connectivity index is 1.81. The molecular formula is C14H19N3O3. The lowest BCUT2D eigenvalue weighted by atomic mass is 10.2. The van der Waals surface area contributed by atoms with E-state index in [0.717, 1.165) is 19.4 Å². The van der Waals surface area contributed by atoms with Gasteiger partial charge in [-0.15, -0.1) is 0 Å². The van der Waals surface area contributed by atoms with E-state index in [4.69, 9.17) is 10.5 Å². The third-order valence-corrected chi connectivity index (χ3v) is 3.17. The van der Waals surface area contributed by atoms with Crippen LogP contribution in [0.4, 0.5) is 0 Å². The van der Waals surface area contributed by atoms with E-state index >= 15 is 0 Å². The van der Waals surface area contributed by atoms with Crippen LogP contribution in [0.25, 0.3) is 0 Å². The molecule has 2 rings (SSSR count). The summed E-state index contributed by atoms with van der Waals surface area (Å²) < 4.78 is 5.13. The predicted molar refractivity (Wildman–Crippen MR) is 74.5 cm³/mol. The van der Waals surface area contributed by atoms with Crippen LogP contribution in [0.1, 0.15) is 23.2 Å². The summed E-state index contributed by atoms with van der Waals surface area (Å²) in [4.78, 5) is 22.5. The molecule has 1 fully saturated rings. The van der Waals surface area contributed by atoms with Crippen molar-refractivity contribution >= 4 is 11.8 Å². The predicted octanol–water partition coefficient (Wildman–Crippen LogP) is 0.0325. The highest BCUT2D eigenvalue weighted by Gasteiger charge is 2.15. The molecule has 1 atom stereocenters. The maximum Gasteiger partial charge on any atom is 0.255 e. The van der Waals surface area contributed by atoms with Gasteiger partial charge in [0.1, 0.15) is 5.75 Å². The molecule has 0 spiro atoms. The molecule has 1 unspecified atom stereocenters. The van der Waals surface area contributed by atoms with Crippen molar-refractivity contribution in [2.45, 2.75) is 18.9 Å². The minimum absolute atomic E-state index is 0.111. The normalized spacial score (nSPS) is 17.7. The van der Waals surface area contributed by atoms with Crippen molar-refractivity contribution in [2.75, 3.05) is 19.7 Å². The number of nitrogens with two attached hydrogens (primary N) is 1. The number of carbonyl (C=O) groups is 2. The van der Waals surface area contributed by atoms with Crippen molar-refractivity contribution in [1.29, 1.82) is 0 Å². The zero-order valence-electron chi connectivity index (χ0n) is 11.2. The van der Waals surface area contributed by atoms with Crippen LogP contribution in [0.5, 0.6) is 5.75 Å². The second kappa shape index (κ2) is 6.91. The molecule has 2 amide bonds. The lowest BCUT2D eigenvalue weighted by molar-refractivity contribution is -0.119. The zero-order chi connectivity index (χ0) is 14.4. The molecule has 0 saturated carbocycles. The smallest absolute Gasteiger partial charge is 0.255 e. The van der Waals surface area contributed by atoms with Crippen molar-refractivity contribution < 1.29 is 14.3 Å². The van der Waals surface area contributed by atoms with Gasteiger partial charge < -0.3 is 21.1 Å². The van der Waals surface area contributed by atoms with E-state index in [9.17, 15) is 9.59 Å². The summed E-state index contributed by atoms with van der Waals surface area (Å²) >= 11 is 0. The third kappa shape index (κ3) is 4.24. The first-order valence-electron chi connectivity index (χ1n) is 6.68. The zero-order valence-corrected chi connectivity index (χ0v) is 11.2. The van der Waals surface area contributed by atoms with E-state index in [-0.39, 0.29) is 12.5 Å². The Kier molecular flexibility index (Phi) is 4.95. The Bertz CT molecular complexity index is 467. The fraction of sp³-hybridized carbons (Fsp3) is 0.429. The molecule has 108 valence electrons. The molecule has 1 aliphatic heterocycles. The Morgan fingerprint density at radius 1 is 1.35 bits per heavy atom. The molecule has 0 radical (unpaired) electrons. The Hall–Kier alpha value is -2.08. The largest absolute Gasteiger partial charge is 0.484 e. The summed E-state index contributed by atoms with van der Waals surface area (Å²) in [6.07, 6.45) is 2.26. The monoisotopic (exact) mass is 277 g/mol. The molecule has 1 saturated heterocycles. The van der Waals surface area contributed by atoms with Crippen LogP contribution in [0.15, 0.2) is 24.3 Å². The highest BCUT2D eigenvalue weighted by atomic mass is 16.5. The van der Waals surface area contributed by atoms with Crippen molar-refractivity contribution in [2.24, 2.45) is 5.73 Å². The van der Waals surface area contributed by atoms with Gasteiger partial charge in [-0.2, -0.15) is 0 Å². The van der Waals surface area contributed by atoms with Crippen LogP contribution >= 0.6 is 0 Å². The van der Waals surface area contributed by atoms with Crippen molar-refractivity contribution in [3.63, 3.8) is 0 Å². The highest BCUT2D eigenvalue weighted by molar-refractivity contribution is 5.94. The fourth-order valence-electron chi connectivity index (χ4n) is 2.11. The first kappa shape index (κ1) is 14.3. The van der Waals surface area contributed by atoms with Crippen LogP contribution in [0.2, 0.25) is 0 Å². The molecule has 20 heavy (non-hydrogen) atoms. The van der Waals surface area contributed by atoms with Gasteiger partial charge in [-0.05, 0) is 43.7 Å². The molecule has 4 N–H and O–H groups in total. The lowest BCUT2D eigenvalue weighted by Crippen LogP contribution is -2.37. The number of benzene rings is 1. The maximum absolute atomic E-state index is 11.9. The molecule has 1 heterocycles. The number of nitrogens with one attached hydrogen (secondary N) is 2. The minimum Gasteiger partial charge on any atom is -0.484 e. The quantitative estimate of drug-likeness (QED) is 0.684. The Morgan fingerprint density at radius 2 is 2.10 bits per heavy atom. The molecule has 0 bridgehead atoms. The molecule has 6 nitrogen and oxygen atoms in total. The van der Waals surface area contributed by atoms with Crippen molar-refractivity contribution in [3.8, 4) is 5.75 Å². The van der Waals surface area contributed by atoms with Gasteiger partial charge in [0.25, 0.3) is 11.8 Å². The molecule has 1 aliphatic rings. The second-order valence-electron chi connectivity index (χ2n) is 4.78. The van der Waals surface area contributed by atoms with Gasteiger partial charge >= 0.3 is 0 Å². The van der Waals surface area contributed by atoms with E-state index in [1.807, 2.05) is 0 Å². The van der Waals surface area contributed by atoms with Gasteiger partial charge in [-0.3, -0.25) is 9.59 Å². The van der Waals surface area contributed by atoms with Gasteiger partial charge in [0, 0.05) is 18.2 Å². The SMILES string of the molecule is NC(=O)COc1ccc(C(=O)NCC2CCCN2)cc1. The Labute approximate surface area is 117 Å². The number of carbonyl (C=O) groups excluding carboxylic acids is 2. The van der Waals surface area contributed by atoms with Gasteiger partial charge in [0.15, 0.2) is 6.61 Å². The number of primary amides is 1. The van der Waals surface area contributed by atoms with Crippen molar-refractivity contribution in [3.05, 3.63) is 29.8 Å². The average molecular weight is 277 g/mol. The number of ether oxygens (including phenoxy) is 1. The summed E-state index contributed by atoms with van der Waals surface area (Å²) in [6, 6.07) is 6.98. The topological polar surface area (TPSA) is 93.5 Å². The van der Waals surface area contributed by atoms with Gasteiger partial charge in [0.2, 0.25) is 0 Å². The highest BCUT2D eigenvalue weighted by Crippen LogP contribution is 2.12. The first-order valence-corrected chi connectivity index (χ1v) is 6.68. The molecule has 1 aromatic carbocycles. The standard InChI is InChI=1S/C14H19N3O3/c15-13(18)9-20-12-5-3-10(4-6-12)14(19)17-8-11-2-1-7-16-11/h3-6,11,16H,1-2,7-9H2,(H2,15,18)(H,17,19). The lowest BCUT2D eigenvalue weighted by Gasteiger charge is -2.11. The van der Waals surface area contributed by atoms with Gasteiger partial charge in [-0.25, -0.2) is 0 Å². The molecular weight excluding hydrogens is 258 g/mol. The van der Waals surface area contributed by atoms with Gasteiger partial charge in [0.05, 0.1) is 0 Å². The first-order chi connectivity index (χ1) is 9.65. The number of hydrogen-bond acceptors (Lipinski definition) is 4. The summed E-state index contributed by atoms with van der Waals surface area (Å²) in [5, 5.41) is 6.22. The van der Waals surface area contributed by atoms with E-state index < -0.39 is 5.91 Å². The van der Waals surface area contributed by atoms with Crippen LogP contribution in [-0.2, 0) is 4.79 Å². The summed E-state index contributed by atoms with van der Waals surface area (Å²) in [6.45, 7) is 1.49. The molecule has 0 aromatic heterocycles. The third-order valence-electron chi connectivity index (χ3n) is 3.17. The number of hydrogen-bond donors (Lipinski definition) is 3. The second-order valence-corrected chi connectivity index (χ2v) is 4.78. The minimum atomic E-state index is -0.532. The van der Waals surface area contributed by atoms with E-state index in [1.54, 1.807) is 24.3 Å². The summed E-state index contributed by atoms with van der Waals surface area (Å²) in [5.41, 5.74) is 5.55. The maximum atomic E-state index is 11.9. The number of rotatable bonds is 6. The van der Waals surface area contributed by atoms with E-state index in [2.05, 4.69) is 10.6 Å². The summed E-state index contributed by atoms with van der Waals surface area (Å²) in [5.74, 6) is -0.131. The molecule has 6 heteroatoms. The van der Waals surface area contributed by atoms with E-state index in [0.29, 0.717) is 23.9 Å². The number of amides is 2. The molecule has 1 aromatic rings. The van der Waals surface area contributed by atoms with Crippen molar-refractivity contribution in [1.82, 2.24) is 10.6 Å². The van der Waals surface area contributed by atoms with Crippen LogP contribution in [0.3, 0.4) is 0 Å². The van der Waals surface area contributed by atoms with Gasteiger partial charge in [-0.1, -0.05) is 0 Å². The Morgan fingerprint density at radius 3 is 2.70 bits per heavy atom. The van der Waals surface area contributed by atoms with Crippen LogP contribution in [-0.4, -0.2) is 37.6 Å².